The van der Waals surface area contributed by atoms with Crippen LogP contribution in [0, 0.1) is 0 Å². The quantitative estimate of drug-likeness (QED) is 0.849. The zero-order valence-electron chi connectivity index (χ0n) is 13.7. The second kappa shape index (κ2) is 8.94. The second-order valence-corrected chi connectivity index (χ2v) is 6.10. The molecule has 3 atom stereocenters. The largest absolute Gasteiger partial charge is 0.391 e. The molecule has 1 N–H and O–H groups in total. The molecule has 1 fully saturated rings. The third-order valence-corrected chi connectivity index (χ3v) is 4.12. The maximum atomic E-state index is 9.85. The van der Waals surface area contributed by atoms with Gasteiger partial charge in [-0.3, -0.25) is 0 Å². The van der Waals surface area contributed by atoms with Crippen LogP contribution in [0.25, 0.3) is 0 Å². The summed E-state index contributed by atoms with van der Waals surface area (Å²) in [6.45, 7) is 1.86. The first-order chi connectivity index (χ1) is 11.8. The summed E-state index contributed by atoms with van der Waals surface area (Å²) in [4.78, 5) is 0. The maximum absolute atomic E-state index is 9.85. The zero-order chi connectivity index (χ0) is 16.6. The number of aliphatic hydroxyl groups is 1. The zero-order valence-corrected chi connectivity index (χ0v) is 13.7. The number of hydrogen-bond donors (Lipinski definition) is 1. The molecule has 1 heterocycles. The van der Waals surface area contributed by atoms with Crippen LogP contribution < -0.4 is 0 Å². The average molecular weight is 328 g/mol. The van der Waals surface area contributed by atoms with Gasteiger partial charge in [0.25, 0.3) is 0 Å². The van der Waals surface area contributed by atoms with Crippen molar-refractivity contribution in [3.8, 4) is 0 Å². The minimum atomic E-state index is -0.476. The lowest BCUT2D eigenvalue weighted by Crippen LogP contribution is -2.45. The van der Waals surface area contributed by atoms with Gasteiger partial charge in [-0.15, -0.1) is 0 Å². The molecule has 0 amide bonds. The lowest BCUT2D eigenvalue weighted by molar-refractivity contribution is -0.168. The van der Waals surface area contributed by atoms with E-state index in [9.17, 15) is 5.11 Å². The van der Waals surface area contributed by atoms with Crippen molar-refractivity contribution < 1.29 is 19.3 Å². The molecule has 0 saturated carbocycles. The van der Waals surface area contributed by atoms with Gasteiger partial charge in [-0.2, -0.15) is 0 Å². The van der Waals surface area contributed by atoms with Crippen molar-refractivity contribution in [2.24, 2.45) is 0 Å². The van der Waals surface area contributed by atoms with Gasteiger partial charge in [-0.05, 0) is 11.1 Å². The highest BCUT2D eigenvalue weighted by molar-refractivity contribution is 5.14. The SMILES string of the molecule is OC1COC(COCc2ccccc2)C(OCc2ccccc2)C1. The van der Waals surface area contributed by atoms with Gasteiger partial charge in [0.1, 0.15) is 6.10 Å². The first kappa shape index (κ1) is 17.1. The van der Waals surface area contributed by atoms with E-state index in [0.717, 1.165) is 11.1 Å². The van der Waals surface area contributed by atoms with E-state index < -0.39 is 6.10 Å². The van der Waals surface area contributed by atoms with Gasteiger partial charge in [0.05, 0.1) is 38.6 Å². The molecule has 24 heavy (non-hydrogen) atoms. The number of aliphatic hydroxyl groups excluding tert-OH is 1. The molecule has 2 aromatic rings. The monoisotopic (exact) mass is 328 g/mol. The van der Waals surface area contributed by atoms with Gasteiger partial charge in [-0.1, -0.05) is 60.7 Å². The fourth-order valence-corrected chi connectivity index (χ4v) is 2.81. The molecule has 3 unspecified atom stereocenters. The number of benzene rings is 2. The molecule has 1 aliphatic rings. The van der Waals surface area contributed by atoms with E-state index in [1.54, 1.807) is 0 Å². The van der Waals surface area contributed by atoms with Crippen LogP contribution >= 0.6 is 0 Å². The summed E-state index contributed by atoms with van der Waals surface area (Å²) in [5.74, 6) is 0. The van der Waals surface area contributed by atoms with Crippen LogP contribution in [0.4, 0.5) is 0 Å². The molecule has 1 aliphatic heterocycles. The van der Waals surface area contributed by atoms with Crippen LogP contribution in [0.5, 0.6) is 0 Å². The van der Waals surface area contributed by atoms with Gasteiger partial charge in [0.2, 0.25) is 0 Å². The fourth-order valence-electron chi connectivity index (χ4n) is 2.81. The Hall–Kier alpha value is -1.72. The molecule has 4 nitrogen and oxygen atoms in total. The normalized spacial score (nSPS) is 24.0. The van der Waals surface area contributed by atoms with Gasteiger partial charge in [0, 0.05) is 6.42 Å². The highest BCUT2D eigenvalue weighted by Crippen LogP contribution is 2.20. The first-order valence-electron chi connectivity index (χ1n) is 8.38. The molecular weight excluding hydrogens is 304 g/mol. The van der Waals surface area contributed by atoms with Gasteiger partial charge in [0.15, 0.2) is 0 Å². The minimum Gasteiger partial charge on any atom is -0.391 e. The molecule has 1 saturated heterocycles. The predicted octanol–water partition coefficient (Wildman–Crippen LogP) is 2.94. The van der Waals surface area contributed by atoms with Crippen molar-refractivity contribution in [1.29, 1.82) is 0 Å². The third kappa shape index (κ3) is 5.14. The predicted molar refractivity (Wildman–Crippen MR) is 91.5 cm³/mol. The summed E-state index contributed by atoms with van der Waals surface area (Å²) in [6, 6.07) is 20.1. The van der Waals surface area contributed by atoms with Gasteiger partial charge < -0.3 is 19.3 Å². The van der Waals surface area contributed by atoms with Crippen LogP contribution in [0.15, 0.2) is 60.7 Å². The smallest absolute Gasteiger partial charge is 0.107 e. The molecule has 0 radical (unpaired) electrons. The summed E-state index contributed by atoms with van der Waals surface area (Å²) in [5.41, 5.74) is 2.25. The van der Waals surface area contributed by atoms with Crippen molar-refractivity contribution in [3.63, 3.8) is 0 Å². The van der Waals surface area contributed by atoms with E-state index in [1.165, 1.54) is 0 Å². The van der Waals surface area contributed by atoms with Crippen molar-refractivity contribution >= 4 is 0 Å². The van der Waals surface area contributed by atoms with Gasteiger partial charge >= 0.3 is 0 Å². The van der Waals surface area contributed by atoms with Crippen molar-refractivity contribution in [3.05, 3.63) is 71.8 Å². The lowest BCUT2D eigenvalue weighted by atomic mass is 10.0. The average Bonchev–Trinajstić information content (AvgIpc) is 2.63. The molecule has 2 aromatic carbocycles. The van der Waals surface area contributed by atoms with Crippen LogP contribution in [-0.4, -0.2) is 36.6 Å². The molecule has 3 rings (SSSR count). The highest BCUT2D eigenvalue weighted by atomic mass is 16.6. The summed E-state index contributed by atoms with van der Waals surface area (Å²) in [5, 5.41) is 9.85. The van der Waals surface area contributed by atoms with Gasteiger partial charge in [-0.25, -0.2) is 0 Å². The topological polar surface area (TPSA) is 47.9 Å². The fraction of sp³-hybridized carbons (Fsp3) is 0.400. The Bertz CT molecular complexity index is 587. The van der Waals surface area contributed by atoms with E-state index in [2.05, 4.69) is 0 Å². The van der Waals surface area contributed by atoms with E-state index in [-0.39, 0.29) is 12.2 Å². The minimum absolute atomic E-state index is 0.152. The molecule has 4 heteroatoms. The highest BCUT2D eigenvalue weighted by Gasteiger charge is 2.31. The Morgan fingerprint density at radius 3 is 2.21 bits per heavy atom. The van der Waals surface area contributed by atoms with E-state index in [4.69, 9.17) is 14.2 Å². The van der Waals surface area contributed by atoms with Crippen LogP contribution in [0.3, 0.4) is 0 Å². The third-order valence-electron chi connectivity index (χ3n) is 4.12. The first-order valence-corrected chi connectivity index (χ1v) is 8.38. The van der Waals surface area contributed by atoms with E-state index >= 15 is 0 Å². The summed E-state index contributed by atoms with van der Waals surface area (Å²) >= 11 is 0. The molecule has 0 bridgehead atoms. The van der Waals surface area contributed by atoms with Crippen molar-refractivity contribution in [2.45, 2.75) is 37.9 Å². The molecular formula is C20H24O4. The number of hydrogen-bond acceptors (Lipinski definition) is 4. The summed E-state index contributed by atoms with van der Waals surface area (Å²) in [7, 11) is 0. The standard InChI is InChI=1S/C20H24O4/c21-18-11-19(23-13-17-9-5-2-6-10-17)20(24-14-18)15-22-12-16-7-3-1-4-8-16/h1-10,18-21H,11-15H2. The molecule has 0 aromatic heterocycles. The Morgan fingerprint density at radius 1 is 0.917 bits per heavy atom. The molecule has 128 valence electrons. The number of ether oxygens (including phenoxy) is 3. The van der Waals surface area contributed by atoms with Crippen LogP contribution in [-0.2, 0) is 27.4 Å². The maximum Gasteiger partial charge on any atom is 0.107 e. The Balaban J connectivity index is 1.49. The second-order valence-electron chi connectivity index (χ2n) is 6.10. The summed E-state index contributed by atoms with van der Waals surface area (Å²) in [6.07, 6.45) is -0.214. The summed E-state index contributed by atoms with van der Waals surface area (Å²) < 4.78 is 17.5. The van der Waals surface area contributed by atoms with Crippen molar-refractivity contribution in [2.75, 3.05) is 13.2 Å². The van der Waals surface area contributed by atoms with Crippen LogP contribution in [0.2, 0.25) is 0 Å². The Labute approximate surface area is 143 Å². The Kier molecular flexibility index (Phi) is 6.38. The van der Waals surface area contributed by atoms with Crippen molar-refractivity contribution in [1.82, 2.24) is 0 Å². The lowest BCUT2D eigenvalue weighted by Gasteiger charge is -2.34. The Morgan fingerprint density at radius 2 is 1.54 bits per heavy atom. The molecule has 0 spiro atoms. The van der Waals surface area contributed by atoms with Crippen LogP contribution in [0.1, 0.15) is 17.5 Å². The molecule has 0 aliphatic carbocycles. The van der Waals surface area contributed by atoms with E-state index in [1.807, 2.05) is 60.7 Å². The van der Waals surface area contributed by atoms with E-state index in [0.29, 0.717) is 32.8 Å². The number of rotatable bonds is 7.